The molecule has 0 radical (unpaired) electrons. The van der Waals surface area contributed by atoms with E-state index in [2.05, 4.69) is 4.99 Å². The van der Waals surface area contributed by atoms with E-state index in [4.69, 9.17) is 4.74 Å². The molecule has 2 aromatic rings. The number of benzene rings is 2. The fourth-order valence-electron chi connectivity index (χ4n) is 1.81. The molecule has 2 aromatic carbocycles. The zero-order valence-corrected chi connectivity index (χ0v) is 11.9. The molecule has 0 aliphatic rings. The maximum absolute atomic E-state index is 12.0. The van der Waals surface area contributed by atoms with Crippen molar-refractivity contribution >= 4 is 23.4 Å². The Balaban J connectivity index is 2.16. The molecule has 22 heavy (non-hydrogen) atoms. The predicted octanol–water partition coefficient (Wildman–Crippen LogP) is 3.58. The summed E-state index contributed by atoms with van der Waals surface area (Å²) in [4.78, 5) is 26.3. The standard InChI is InChI=1S/C16H14N2O4/c1-2-22-13-9-7-12(8-10-13)16(19)11-17-14-5-3-4-6-15(14)18(20)21/h3-11H,2H2,1H3. The van der Waals surface area contributed by atoms with Gasteiger partial charge < -0.3 is 4.74 Å². The summed E-state index contributed by atoms with van der Waals surface area (Å²) >= 11 is 0. The summed E-state index contributed by atoms with van der Waals surface area (Å²) in [5, 5.41) is 10.9. The van der Waals surface area contributed by atoms with Crippen LogP contribution in [0.15, 0.2) is 53.5 Å². The molecule has 0 saturated heterocycles. The van der Waals surface area contributed by atoms with Crippen molar-refractivity contribution in [3.63, 3.8) is 0 Å². The van der Waals surface area contributed by atoms with Gasteiger partial charge in [-0.1, -0.05) is 12.1 Å². The fraction of sp³-hybridized carbons (Fsp3) is 0.125. The molecule has 0 fully saturated rings. The highest BCUT2D eigenvalue weighted by atomic mass is 16.6. The van der Waals surface area contributed by atoms with E-state index >= 15 is 0 Å². The molecule has 0 aromatic heterocycles. The van der Waals surface area contributed by atoms with E-state index in [1.54, 1.807) is 36.4 Å². The van der Waals surface area contributed by atoms with Crippen LogP contribution in [-0.2, 0) is 0 Å². The van der Waals surface area contributed by atoms with Gasteiger partial charge in [0, 0.05) is 11.6 Å². The molecule has 112 valence electrons. The van der Waals surface area contributed by atoms with Crippen molar-refractivity contribution in [3.8, 4) is 5.75 Å². The van der Waals surface area contributed by atoms with Gasteiger partial charge in [-0.3, -0.25) is 14.9 Å². The average molecular weight is 298 g/mol. The topological polar surface area (TPSA) is 81.8 Å². The second-order valence-corrected chi connectivity index (χ2v) is 4.33. The molecule has 0 heterocycles. The maximum Gasteiger partial charge on any atom is 0.294 e. The van der Waals surface area contributed by atoms with Crippen LogP contribution in [0.5, 0.6) is 5.75 Å². The summed E-state index contributed by atoms with van der Waals surface area (Å²) in [7, 11) is 0. The van der Waals surface area contributed by atoms with Crippen molar-refractivity contribution in [3.05, 3.63) is 64.2 Å². The summed E-state index contributed by atoms with van der Waals surface area (Å²) in [6.45, 7) is 2.42. The lowest BCUT2D eigenvalue weighted by atomic mass is 10.1. The highest BCUT2D eigenvalue weighted by Gasteiger charge is 2.11. The van der Waals surface area contributed by atoms with E-state index in [1.807, 2.05) is 6.92 Å². The molecule has 6 nitrogen and oxygen atoms in total. The number of carbonyl (C=O) groups excluding carboxylic acids is 1. The smallest absolute Gasteiger partial charge is 0.294 e. The molecule has 0 spiro atoms. The van der Waals surface area contributed by atoms with Gasteiger partial charge >= 0.3 is 0 Å². The Bertz CT molecular complexity index is 708. The molecule has 0 amide bonds. The van der Waals surface area contributed by atoms with Crippen molar-refractivity contribution in [2.24, 2.45) is 4.99 Å². The number of nitrogens with zero attached hydrogens (tertiary/aromatic N) is 2. The molecule has 0 bridgehead atoms. The van der Waals surface area contributed by atoms with E-state index in [0.717, 1.165) is 6.21 Å². The molecular weight excluding hydrogens is 284 g/mol. The fourth-order valence-corrected chi connectivity index (χ4v) is 1.81. The Morgan fingerprint density at radius 3 is 2.55 bits per heavy atom. The third kappa shape index (κ3) is 3.76. The van der Waals surface area contributed by atoms with Crippen LogP contribution in [-0.4, -0.2) is 23.5 Å². The number of nitro groups is 1. The maximum atomic E-state index is 12.0. The molecule has 0 atom stereocenters. The van der Waals surface area contributed by atoms with Crippen molar-refractivity contribution in [2.45, 2.75) is 6.92 Å². The Labute approximate surface area is 127 Å². The molecule has 0 aliphatic carbocycles. The number of aliphatic imine (C=N–C) groups is 1. The second-order valence-electron chi connectivity index (χ2n) is 4.33. The number of ether oxygens (including phenoxy) is 1. The number of hydrogen-bond donors (Lipinski definition) is 0. The third-order valence-electron chi connectivity index (χ3n) is 2.85. The van der Waals surface area contributed by atoms with Crippen LogP contribution in [0.3, 0.4) is 0 Å². The van der Waals surface area contributed by atoms with E-state index < -0.39 is 4.92 Å². The van der Waals surface area contributed by atoms with Crippen LogP contribution >= 0.6 is 0 Å². The zero-order valence-electron chi connectivity index (χ0n) is 11.9. The van der Waals surface area contributed by atoms with Crippen LogP contribution < -0.4 is 4.74 Å². The monoisotopic (exact) mass is 298 g/mol. The molecule has 6 heteroatoms. The minimum atomic E-state index is -0.534. The van der Waals surface area contributed by atoms with Gasteiger partial charge in [-0.2, -0.15) is 0 Å². The van der Waals surface area contributed by atoms with Crippen LogP contribution in [0.1, 0.15) is 17.3 Å². The number of carbonyl (C=O) groups is 1. The molecule has 0 N–H and O–H groups in total. The summed E-state index contributed by atoms with van der Waals surface area (Å²) < 4.78 is 5.29. The zero-order chi connectivity index (χ0) is 15.9. The first-order chi connectivity index (χ1) is 10.6. The Hall–Kier alpha value is -3.02. The number of para-hydroxylation sites is 2. The van der Waals surface area contributed by atoms with Gasteiger partial charge in [0.15, 0.2) is 0 Å². The average Bonchev–Trinajstić information content (AvgIpc) is 2.54. The first kappa shape index (κ1) is 15.4. The van der Waals surface area contributed by atoms with Crippen molar-refractivity contribution in [2.75, 3.05) is 6.61 Å². The van der Waals surface area contributed by atoms with Crippen LogP contribution in [0.2, 0.25) is 0 Å². The Kier molecular flexibility index (Phi) is 4.98. The first-order valence-corrected chi connectivity index (χ1v) is 6.66. The molecule has 2 rings (SSSR count). The van der Waals surface area contributed by atoms with Crippen LogP contribution in [0.4, 0.5) is 11.4 Å². The Morgan fingerprint density at radius 1 is 1.23 bits per heavy atom. The molecular formula is C16H14N2O4. The van der Waals surface area contributed by atoms with Gasteiger partial charge in [-0.05, 0) is 37.3 Å². The molecule has 0 saturated carbocycles. The molecule has 0 unspecified atom stereocenters. The largest absolute Gasteiger partial charge is 0.494 e. The van der Waals surface area contributed by atoms with Crippen LogP contribution in [0, 0.1) is 10.1 Å². The van der Waals surface area contributed by atoms with Crippen LogP contribution in [0.25, 0.3) is 0 Å². The van der Waals surface area contributed by atoms with E-state index in [0.29, 0.717) is 17.9 Å². The highest BCUT2D eigenvalue weighted by molar-refractivity contribution is 6.35. The number of Topliss-reactive ketones (excluding diaryl/α,β-unsaturated/α-hetero) is 1. The summed E-state index contributed by atoms with van der Waals surface area (Å²) in [5.41, 5.74) is 0.441. The first-order valence-electron chi connectivity index (χ1n) is 6.66. The normalized spacial score (nSPS) is 10.6. The minimum absolute atomic E-state index is 0.141. The van der Waals surface area contributed by atoms with Gasteiger partial charge in [0.2, 0.25) is 5.78 Å². The number of hydrogen-bond acceptors (Lipinski definition) is 5. The summed E-state index contributed by atoms with van der Waals surface area (Å²) in [6.07, 6.45) is 1.08. The number of nitro benzene ring substituents is 1. The van der Waals surface area contributed by atoms with Gasteiger partial charge in [-0.25, -0.2) is 4.99 Å². The van der Waals surface area contributed by atoms with Gasteiger partial charge in [0.1, 0.15) is 11.4 Å². The van der Waals surface area contributed by atoms with Crippen molar-refractivity contribution in [1.29, 1.82) is 0 Å². The van der Waals surface area contributed by atoms with E-state index in [-0.39, 0.29) is 17.2 Å². The SMILES string of the molecule is CCOc1ccc(C(=O)C=Nc2ccccc2[N+](=O)[O-])cc1. The van der Waals surface area contributed by atoms with Crippen molar-refractivity contribution < 1.29 is 14.5 Å². The lowest BCUT2D eigenvalue weighted by Crippen LogP contribution is -2.00. The third-order valence-corrected chi connectivity index (χ3v) is 2.85. The summed E-state index contributed by atoms with van der Waals surface area (Å²) in [6, 6.07) is 12.6. The number of rotatable bonds is 6. The minimum Gasteiger partial charge on any atom is -0.494 e. The second kappa shape index (κ2) is 7.12. The lowest BCUT2D eigenvalue weighted by Gasteiger charge is -2.02. The predicted molar refractivity (Wildman–Crippen MR) is 83.2 cm³/mol. The van der Waals surface area contributed by atoms with Crippen molar-refractivity contribution in [1.82, 2.24) is 0 Å². The van der Waals surface area contributed by atoms with Gasteiger partial charge in [0.25, 0.3) is 5.69 Å². The lowest BCUT2D eigenvalue weighted by molar-refractivity contribution is -0.384. The van der Waals surface area contributed by atoms with E-state index in [1.165, 1.54) is 12.1 Å². The van der Waals surface area contributed by atoms with Gasteiger partial charge in [0.05, 0.1) is 17.7 Å². The van der Waals surface area contributed by atoms with E-state index in [9.17, 15) is 14.9 Å². The summed E-state index contributed by atoms with van der Waals surface area (Å²) in [5.74, 6) is 0.343. The molecule has 0 aliphatic heterocycles. The Morgan fingerprint density at radius 2 is 1.91 bits per heavy atom. The quantitative estimate of drug-likeness (QED) is 0.353. The highest BCUT2D eigenvalue weighted by Crippen LogP contribution is 2.25. The van der Waals surface area contributed by atoms with Gasteiger partial charge in [-0.15, -0.1) is 0 Å². The number of ketones is 1.